The Hall–Kier alpha value is -2.73. The van der Waals surface area contributed by atoms with E-state index in [0.29, 0.717) is 28.1 Å². The third-order valence-electron chi connectivity index (χ3n) is 5.36. The minimum atomic E-state index is -0.711. The molecular weight excluding hydrogens is 392 g/mol. The number of carboxylic acids is 1. The zero-order valence-corrected chi connectivity index (χ0v) is 17.0. The van der Waals surface area contributed by atoms with Crippen molar-refractivity contribution in [1.29, 1.82) is 0 Å². The lowest BCUT2D eigenvalue weighted by Crippen LogP contribution is -2.20. The van der Waals surface area contributed by atoms with Gasteiger partial charge in [0.25, 0.3) is 0 Å². The van der Waals surface area contributed by atoms with Crippen LogP contribution in [0, 0.1) is 5.92 Å². The second-order valence-electron chi connectivity index (χ2n) is 7.36. The van der Waals surface area contributed by atoms with Crippen LogP contribution >= 0.6 is 11.6 Å². The standard InChI is InChI=1S/C22H25ClN2O4/c1-29-20-11-8-17(23)13-19(20)25-22(28)24-18-9-6-16(7-10-18)15-4-2-14(3-5-15)12-21(26)27/h6-11,13-15H,2-5,12H2,1H3,(H,26,27)(H2,24,25,28)/t14-,15-. The van der Waals surface area contributed by atoms with Crippen molar-refractivity contribution in [2.75, 3.05) is 17.7 Å². The largest absolute Gasteiger partial charge is 0.495 e. The molecule has 1 saturated carbocycles. The molecule has 154 valence electrons. The number of halogens is 1. The second-order valence-corrected chi connectivity index (χ2v) is 7.80. The molecule has 7 heteroatoms. The predicted octanol–water partition coefficient (Wildman–Crippen LogP) is 5.74. The van der Waals surface area contributed by atoms with Crippen LogP contribution in [0.4, 0.5) is 16.2 Å². The number of amides is 2. The Kier molecular flexibility index (Phi) is 6.99. The maximum absolute atomic E-state index is 12.3. The van der Waals surface area contributed by atoms with Crippen LogP contribution in [0.15, 0.2) is 42.5 Å². The normalized spacial score (nSPS) is 18.7. The summed E-state index contributed by atoms with van der Waals surface area (Å²) in [5, 5.41) is 15.0. The lowest BCUT2D eigenvalue weighted by molar-refractivity contribution is -0.138. The van der Waals surface area contributed by atoms with E-state index in [0.717, 1.165) is 25.7 Å². The van der Waals surface area contributed by atoms with Gasteiger partial charge in [-0.25, -0.2) is 4.79 Å². The number of ether oxygens (including phenoxy) is 1. The number of hydrogen-bond acceptors (Lipinski definition) is 3. The summed E-state index contributed by atoms with van der Waals surface area (Å²) in [4.78, 5) is 23.2. The lowest BCUT2D eigenvalue weighted by atomic mass is 9.77. The first-order valence-corrected chi connectivity index (χ1v) is 10.1. The molecule has 0 radical (unpaired) electrons. The molecule has 2 aromatic rings. The third kappa shape index (κ3) is 5.87. The highest BCUT2D eigenvalue weighted by molar-refractivity contribution is 6.31. The average Bonchev–Trinajstić information content (AvgIpc) is 2.69. The van der Waals surface area contributed by atoms with Crippen LogP contribution in [-0.4, -0.2) is 24.2 Å². The fourth-order valence-corrected chi connectivity index (χ4v) is 4.02. The van der Waals surface area contributed by atoms with E-state index in [-0.39, 0.29) is 18.4 Å². The molecule has 0 aromatic heterocycles. The van der Waals surface area contributed by atoms with E-state index in [4.69, 9.17) is 21.4 Å². The predicted molar refractivity (Wildman–Crippen MR) is 114 cm³/mol. The number of anilines is 2. The first-order valence-electron chi connectivity index (χ1n) is 9.68. The minimum absolute atomic E-state index is 0.266. The van der Waals surface area contributed by atoms with Crippen LogP contribution < -0.4 is 15.4 Å². The lowest BCUT2D eigenvalue weighted by Gasteiger charge is -2.28. The van der Waals surface area contributed by atoms with Gasteiger partial charge < -0.3 is 20.5 Å². The molecular formula is C22H25ClN2O4. The van der Waals surface area contributed by atoms with Crippen molar-refractivity contribution in [3.63, 3.8) is 0 Å². The van der Waals surface area contributed by atoms with E-state index >= 15 is 0 Å². The maximum Gasteiger partial charge on any atom is 0.323 e. The molecule has 0 unspecified atom stereocenters. The summed E-state index contributed by atoms with van der Waals surface area (Å²) in [7, 11) is 1.53. The van der Waals surface area contributed by atoms with Gasteiger partial charge in [0.05, 0.1) is 12.8 Å². The molecule has 3 N–H and O–H groups in total. The van der Waals surface area contributed by atoms with E-state index in [1.54, 1.807) is 18.2 Å². The fraction of sp³-hybridized carbons (Fsp3) is 0.364. The van der Waals surface area contributed by atoms with E-state index < -0.39 is 5.97 Å². The summed E-state index contributed by atoms with van der Waals surface area (Å²) in [6, 6.07) is 12.4. The molecule has 1 fully saturated rings. The van der Waals surface area contributed by atoms with E-state index in [2.05, 4.69) is 10.6 Å². The average molecular weight is 417 g/mol. The summed E-state index contributed by atoms with van der Waals surface area (Å²) < 4.78 is 5.23. The van der Waals surface area contributed by atoms with Crippen molar-refractivity contribution in [2.24, 2.45) is 5.92 Å². The first-order chi connectivity index (χ1) is 13.9. The van der Waals surface area contributed by atoms with Crippen LogP contribution in [0.3, 0.4) is 0 Å². The molecule has 0 bridgehead atoms. The van der Waals surface area contributed by atoms with Crippen LogP contribution in [-0.2, 0) is 4.79 Å². The quantitative estimate of drug-likeness (QED) is 0.560. The number of rotatable bonds is 6. The summed E-state index contributed by atoms with van der Waals surface area (Å²) in [5.41, 5.74) is 2.40. The van der Waals surface area contributed by atoms with E-state index in [9.17, 15) is 9.59 Å². The van der Waals surface area contributed by atoms with Crippen LogP contribution in [0.5, 0.6) is 5.75 Å². The minimum Gasteiger partial charge on any atom is -0.495 e. The number of carbonyl (C=O) groups excluding carboxylic acids is 1. The van der Waals surface area contributed by atoms with E-state index in [1.165, 1.54) is 12.7 Å². The summed E-state index contributed by atoms with van der Waals surface area (Å²) >= 11 is 5.99. The molecule has 1 aliphatic rings. The van der Waals surface area contributed by atoms with Crippen molar-refractivity contribution in [3.8, 4) is 5.75 Å². The molecule has 0 atom stereocenters. The van der Waals surface area contributed by atoms with Crippen LogP contribution in [0.25, 0.3) is 0 Å². The third-order valence-corrected chi connectivity index (χ3v) is 5.59. The number of hydrogen-bond donors (Lipinski definition) is 3. The first kappa shape index (κ1) is 21.0. The van der Waals surface area contributed by atoms with Crippen molar-refractivity contribution >= 4 is 35.0 Å². The Bertz CT molecular complexity index is 862. The monoisotopic (exact) mass is 416 g/mol. The smallest absolute Gasteiger partial charge is 0.323 e. The Labute approximate surface area is 175 Å². The van der Waals surface area contributed by atoms with Crippen LogP contribution in [0.1, 0.15) is 43.6 Å². The van der Waals surface area contributed by atoms with Gasteiger partial charge in [0, 0.05) is 17.1 Å². The van der Waals surface area contributed by atoms with Crippen molar-refractivity contribution in [1.82, 2.24) is 0 Å². The van der Waals surface area contributed by atoms with Gasteiger partial charge in [0.15, 0.2) is 0 Å². The molecule has 0 heterocycles. The number of carboxylic acid groups (broad SMARTS) is 1. The van der Waals surface area contributed by atoms with Gasteiger partial charge >= 0.3 is 12.0 Å². The summed E-state index contributed by atoms with van der Waals surface area (Å²) in [5.74, 6) is 0.548. The van der Waals surface area contributed by atoms with Gasteiger partial charge in [-0.15, -0.1) is 0 Å². The highest BCUT2D eigenvalue weighted by Gasteiger charge is 2.24. The molecule has 2 aromatic carbocycles. The highest BCUT2D eigenvalue weighted by Crippen LogP contribution is 2.37. The number of nitrogens with one attached hydrogen (secondary N) is 2. The molecule has 1 aliphatic carbocycles. The Balaban J connectivity index is 1.55. The van der Waals surface area contributed by atoms with Gasteiger partial charge in [0.2, 0.25) is 0 Å². The summed E-state index contributed by atoms with van der Waals surface area (Å²) in [6.07, 6.45) is 4.16. The number of urea groups is 1. The van der Waals surface area contributed by atoms with E-state index in [1.807, 2.05) is 24.3 Å². The van der Waals surface area contributed by atoms with Gasteiger partial charge in [-0.05, 0) is 73.4 Å². The molecule has 6 nitrogen and oxygen atoms in total. The Morgan fingerprint density at radius 3 is 2.38 bits per heavy atom. The molecule has 0 aliphatic heterocycles. The number of methoxy groups -OCH3 is 1. The Morgan fingerprint density at radius 1 is 1.07 bits per heavy atom. The van der Waals surface area contributed by atoms with Crippen molar-refractivity contribution < 1.29 is 19.4 Å². The summed E-state index contributed by atoms with van der Waals surface area (Å²) in [6.45, 7) is 0. The molecule has 0 spiro atoms. The van der Waals surface area contributed by atoms with Crippen molar-refractivity contribution in [3.05, 3.63) is 53.1 Å². The molecule has 2 amide bonds. The fourth-order valence-electron chi connectivity index (χ4n) is 3.85. The van der Waals surface area contributed by atoms with Gasteiger partial charge in [-0.3, -0.25) is 4.79 Å². The molecule has 29 heavy (non-hydrogen) atoms. The molecule has 3 rings (SSSR count). The van der Waals surface area contributed by atoms with Gasteiger partial charge in [-0.1, -0.05) is 23.7 Å². The SMILES string of the molecule is COc1ccc(Cl)cc1NC(=O)Nc1ccc([C@H]2CC[C@H](CC(=O)O)CC2)cc1. The number of benzene rings is 2. The topological polar surface area (TPSA) is 87.7 Å². The number of carbonyl (C=O) groups is 2. The van der Waals surface area contributed by atoms with Gasteiger partial charge in [0.1, 0.15) is 5.75 Å². The molecule has 0 saturated heterocycles. The Morgan fingerprint density at radius 2 is 1.76 bits per heavy atom. The van der Waals surface area contributed by atoms with Crippen molar-refractivity contribution in [2.45, 2.75) is 38.0 Å². The number of aliphatic carboxylic acids is 1. The zero-order valence-electron chi connectivity index (χ0n) is 16.3. The second kappa shape index (κ2) is 9.65. The van der Waals surface area contributed by atoms with Gasteiger partial charge in [-0.2, -0.15) is 0 Å². The zero-order chi connectivity index (χ0) is 20.8. The van der Waals surface area contributed by atoms with Crippen LogP contribution in [0.2, 0.25) is 5.02 Å². The maximum atomic E-state index is 12.3. The highest BCUT2D eigenvalue weighted by atomic mass is 35.5.